The van der Waals surface area contributed by atoms with Crippen LogP contribution in [0.15, 0.2) is 42.5 Å². The summed E-state index contributed by atoms with van der Waals surface area (Å²) in [7, 11) is 0. The van der Waals surface area contributed by atoms with Gasteiger partial charge in [0.05, 0.1) is 16.1 Å². The van der Waals surface area contributed by atoms with Crippen molar-refractivity contribution < 1.29 is 14.8 Å². The van der Waals surface area contributed by atoms with E-state index in [1.807, 2.05) is 0 Å². The zero-order chi connectivity index (χ0) is 13.1. The maximum absolute atomic E-state index is 11.0. The molecule has 18 heavy (non-hydrogen) atoms. The fourth-order valence-corrected chi connectivity index (χ4v) is 1.62. The van der Waals surface area contributed by atoms with Crippen LogP contribution in [0.25, 0.3) is 11.1 Å². The Bertz CT molecular complexity index is 608. The molecule has 0 saturated carbocycles. The number of carboxylic acid groups (broad SMARTS) is 1. The first-order chi connectivity index (χ1) is 8.59. The molecule has 2 rings (SSSR count). The summed E-state index contributed by atoms with van der Waals surface area (Å²) in [6, 6.07) is 13.4. The van der Waals surface area contributed by atoms with Crippen LogP contribution >= 0.6 is 0 Å². The second-order valence-corrected chi connectivity index (χ2v) is 3.59. The third-order valence-corrected chi connectivity index (χ3v) is 2.46. The van der Waals surface area contributed by atoms with Crippen molar-refractivity contribution in [2.75, 3.05) is 0 Å². The molecule has 5 nitrogen and oxygen atoms in total. The van der Waals surface area contributed by atoms with Crippen LogP contribution in [-0.4, -0.2) is 16.0 Å². The average molecular weight is 242 g/mol. The molecule has 1 N–H and O–H groups in total. The van der Waals surface area contributed by atoms with Gasteiger partial charge in [0.1, 0.15) is 0 Å². The van der Waals surface area contributed by atoms with Crippen LogP contribution < -0.4 is 0 Å². The zero-order valence-electron chi connectivity index (χ0n) is 9.16. The Morgan fingerprint density at radius 1 is 1.33 bits per heavy atom. The van der Waals surface area contributed by atoms with Crippen molar-refractivity contribution in [1.29, 1.82) is 0 Å². The topological polar surface area (TPSA) is 80.4 Å². The van der Waals surface area contributed by atoms with Gasteiger partial charge in [-0.25, -0.2) is 4.79 Å². The summed E-state index contributed by atoms with van der Waals surface area (Å²) in [5.74, 6) is -1.19. The number of aromatic carboxylic acids is 1. The molecular formula is C13H8NO4. The molecule has 0 saturated heterocycles. The van der Waals surface area contributed by atoms with E-state index >= 15 is 0 Å². The lowest BCUT2D eigenvalue weighted by Gasteiger charge is -2.04. The van der Waals surface area contributed by atoms with Crippen LogP contribution in [0.2, 0.25) is 0 Å². The summed E-state index contributed by atoms with van der Waals surface area (Å²) in [6.07, 6.45) is 0. The van der Waals surface area contributed by atoms with Crippen molar-refractivity contribution in [2.24, 2.45) is 0 Å². The molecule has 0 bridgehead atoms. The highest BCUT2D eigenvalue weighted by Crippen LogP contribution is 2.30. The Morgan fingerprint density at radius 2 is 2.11 bits per heavy atom. The smallest absolute Gasteiger partial charge is 0.335 e. The highest BCUT2D eigenvalue weighted by Gasteiger charge is 2.18. The van der Waals surface area contributed by atoms with Crippen molar-refractivity contribution in [3.05, 3.63) is 64.2 Å². The van der Waals surface area contributed by atoms with Crippen LogP contribution in [-0.2, 0) is 0 Å². The normalized spacial score (nSPS) is 10.0. The second kappa shape index (κ2) is 4.67. The number of rotatable bonds is 3. The number of hydrogen-bond donors (Lipinski definition) is 1. The third-order valence-electron chi connectivity index (χ3n) is 2.46. The summed E-state index contributed by atoms with van der Waals surface area (Å²) < 4.78 is 0. The molecule has 2 aromatic rings. The molecule has 2 aromatic carbocycles. The maximum Gasteiger partial charge on any atom is 0.335 e. The van der Waals surface area contributed by atoms with Gasteiger partial charge in [0.2, 0.25) is 0 Å². The summed E-state index contributed by atoms with van der Waals surface area (Å²) in [6.45, 7) is 0. The van der Waals surface area contributed by atoms with E-state index in [9.17, 15) is 14.9 Å². The Balaban J connectivity index is 2.61. The fraction of sp³-hybridized carbons (Fsp3) is 0. The number of nitro benzene ring substituents is 1. The first-order valence-corrected chi connectivity index (χ1v) is 5.08. The number of nitrogens with zero attached hydrogens (tertiary/aromatic N) is 1. The number of carboxylic acids is 1. The van der Waals surface area contributed by atoms with Crippen molar-refractivity contribution in [1.82, 2.24) is 0 Å². The lowest BCUT2D eigenvalue weighted by Crippen LogP contribution is -1.99. The van der Waals surface area contributed by atoms with Gasteiger partial charge in [-0.2, -0.15) is 0 Å². The van der Waals surface area contributed by atoms with E-state index in [-0.39, 0.29) is 11.3 Å². The van der Waals surface area contributed by atoms with Gasteiger partial charge in [-0.3, -0.25) is 10.1 Å². The summed E-state index contributed by atoms with van der Waals surface area (Å²) in [5, 5.41) is 19.8. The highest BCUT2D eigenvalue weighted by atomic mass is 16.6. The number of benzene rings is 2. The molecule has 5 heteroatoms. The minimum atomic E-state index is -1.19. The standard InChI is InChI=1S/C13H8NO4/c15-13(16)10-6-7-11(12(8-10)14(17)18)9-4-2-1-3-5-9/h1-2,4-8H,(H,15,16). The van der Waals surface area contributed by atoms with Gasteiger partial charge in [-0.05, 0) is 29.8 Å². The molecule has 0 fully saturated rings. The van der Waals surface area contributed by atoms with Crippen molar-refractivity contribution in [3.63, 3.8) is 0 Å². The van der Waals surface area contributed by atoms with E-state index in [2.05, 4.69) is 6.07 Å². The summed E-state index contributed by atoms with van der Waals surface area (Å²) >= 11 is 0. The Hall–Kier alpha value is -2.69. The molecule has 0 aromatic heterocycles. The van der Waals surface area contributed by atoms with E-state index in [4.69, 9.17) is 5.11 Å². The van der Waals surface area contributed by atoms with Crippen molar-refractivity contribution >= 4 is 11.7 Å². The average Bonchev–Trinajstić information content (AvgIpc) is 2.39. The first-order valence-electron chi connectivity index (χ1n) is 5.08. The Morgan fingerprint density at radius 3 is 2.67 bits per heavy atom. The van der Waals surface area contributed by atoms with Crippen LogP contribution in [0.4, 0.5) is 5.69 Å². The van der Waals surface area contributed by atoms with Crippen molar-refractivity contribution in [2.45, 2.75) is 0 Å². The number of nitro groups is 1. The SMILES string of the molecule is O=C(O)c1ccc(-c2c[c]ccc2)c([N+](=O)[O-])c1. The molecule has 0 amide bonds. The third kappa shape index (κ3) is 2.20. The van der Waals surface area contributed by atoms with Crippen molar-refractivity contribution in [3.8, 4) is 11.1 Å². The van der Waals surface area contributed by atoms with Crippen LogP contribution in [0.1, 0.15) is 10.4 Å². The molecule has 0 spiro atoms. The largest absolute Gasteiger partial charge is 0.478 e. The Kier molecular flexibility index (Phi) is 3.05. The monoisotopic (exact) mass is 242 g/mol. The molecule has 0 unspecified atom stereocenters. The van der Waals surface area contributed by atoms with Gasteiger partial charge in [-0.1, -0.05) is 18.2 Å². The molecule has 0 atom stereocenters. The van der Waals surface area contributed by atoms with E-state index in [1.54, 1.807) is 24.3 Å². The van der Waals surface area contributed by atoms with Gasteiger partial charge in [0.15, 0.2) is 0 Å². The molecule has 0 aliphatic rings. The summed E-state index contributed by atoms with van der Waals surface area (Å²) in [4.78, 5) is 21.2. The molecule has 0 aliphatic carbocycles. The van der Waals surface area contributed by atoms with Gasteiger partial charge in [0.25, 0.3) is 5.69 Å². The summed E-state index contributed by atoms with van der Waals surface area (Å²) in [5.41, 5.74) is 0.669. The zero-order valence-corrected chi connectivity index (χ0v) is 9.16. The predicted octanol–water partition coefficient (Wildman–Crippen LogP) is 2.76. The Labute approximate surface area is 102 Å². The van der Waals surface area contributed by atoms with E-state index in [0.29, 0.717) is 11.1 Å². The number of carbonyl (C=O) groups is 1. The number of hydrogen-bond acceptors (Lipinski definition) is 3. The maximum atomic E-state index is 11.0. The molecular weight excluding hydrogens is 234 g/mol. The van der Waals surface area contributed by atoms with E-state index in [1.165, 1.54) is 12.1 Å². The first kappa shape index (κ1) is 11.8. The molecule has 1 radical (unpaired) electrons. The van der Waals surface area contributed by atoms with Gasteiger partial charge in [-0.15, -0.1) is 0 Å². The minimum absolute atomic E-state index is 0.106. The van der Waals surface area contributed by atoms with Gasteiger partial charge >= 0.3 is 5.97 Å². The van der Waals surface area contributed by atoms with Crippen LogP contribution in [0.5, 0.6) is 0 Å². The molecule has 89 valence electrons. The molecule has 0 heterocycles. The van der Waals surface area contributed by atoms with E-state index < -0.39 is 10.9 Å². The minimum Gasteiger partial charge on any atom is -0.478 e. The lowest BCUT2D eigenvalue weighted by atomic mass is 10.0. The lowest BCUT2D eigenvalue weighted by molar-refractivity contribution is -0.384. The second-order valence-electron chi connectivity index (χ2n) is 3.59. The van der Waals surface area contributed by atoms with Gasteiger partial charge < -0.3 is 5.11 Å². The fourth-order valence-electron chi connectivity index (χ4n) is 1.62. The molecule has 0 aliphatic heterocycles. The highest BCUT2D eigenvalue weighted by molar-refractivity contribution is 5.90. The predicted molar refractivity (Wildman–Crippen MR) is 64.3 cm³/mol. The van der Waals surface area contributed by atoms with Gasteiger partial charge in [0, 0.05) is 6.07 Å². The van der Waals surface area contributed by atoms with E-state index in [0.717, 1.165) is 6.07 Å². The van der Waals surface area contributed by atoms with Crippen LogP contribution in [0, 0.1) is 16.2 Å². The van der Waals surface area contributed by atoms with Crippen LogP contribution in [0.3, 0.4) is 0 Å². The quantitative estimate of drug-likeness (QED) is 0.662.